The molecule has 0 spiro atoms. The number of carbonyl (C=O) groups is 2. The lowest BCUT2D eigenvalue weighted by Gasteiger charge is -2.13. The van der Waals surface area contributed by atoms with Gasteiger partial charge in [0.1, 0.15) is 17.5 Å². The first-order valence-corrected chi connectivity index (χ1v) is 8.28. The second-order valence-corrected chi connectivity index (χ2v) is 5.76. The van der Waals surface area contributed by atoms with Crippen LogP contribution < -0.4 is 10.1 Å². The molecule has 134 valence electrons. The van der Waals surface area contributed by atoms with E-state index in [9.17, 15) is 14.7 Å². The molecule has 3 N–H and O–H groups in total. The van der Waals surface area contributed by atoms with Crippen LogP contribution in [0.25, 0.3) is 11.3 Å². The second-order valence-electron chi connectivity index (χ2n) is 5.76. The standard InChI is InChI=1S/C18H23N3O4/c1-3-4-5-6-14(18(23)24)19-17(22)16-11-15(20-21-16)12-7-9-13(25-2)10-8-12/h7-11,14H,3-6H2,1-2H3,(H,19,22)(H,20,21)(H,23,24)/t14-/m1/s1. The number of unbranched alkanes of at least 4 members (excludes halogenated alkanes) is 2. The predicted octanol–water partition coefficient (Wildman–Crippen LogP) is 2.85. The first-order chi connectivity index (χ1) is 12.0. The average molecular weight is 345 g/mol. The van der Waals surface area contributed by atoms with Crippen LogP contribution in [-0.2, 0) is 4.79 Å². The van der Waals surface area contributed by atoms with Gasteiger partial charge in [-0.1, -0.05) is 26.2 Å². The van der Waals surface area contributed by atoms with Gasteiger partial charge >= 0.3 is 5.97 Å². The van der Waals surface area contributed by atoms with E-state index in [0.29, 0.717) is 12.1 Å². The first kappa shape index (κ1) is 18.5. The highest BCUT2D eigenvalue weighted by Gasteiger charge is 2.21. The number of nitrogens with one attached hydrogen (secondary N) is 2. The monoisotopic (exact) mass is 345 g/mol. The van der Waals surface area contributed by atoms with Gasteiger partial charge in [-0.05, 0) is 36.8 Å². The fraction of sp³-hybridized carbons (Fsp3) is 0.389. The van der Waals surface area contributed by atoms with Crippen molar-refractivity contribution in [2.75, 3.05) is 7.11 Å². The third-order valence-corrected chi connectivity index (χ3v) is 3.91. The van der Waals surface area contributed by atoms with Crippen molar-refractivity contribution < 1.29 is 19.4 Å². The van der Waals surface area contributed by atoms with E-state index in [-0.39, 0.29) is 5.69 Å². The van der Waals surface area contributed by atoms with E-state index < -0.39 is 17.9 Å². The van der Waals surface area contributed by atoms with Crippen LogP contribution in [0.15, 0.2) is 30.3 Å². The number of amides is 1. The molecule has 0 saturated heterocycles. The zero-order chi connectivity index (χ0) is 18.2. The second kappa shape index (κ2) is 8.86. The molecule has 7 heteroatoms. The van der Waals surface area contributed by atoms with Crippen LogP contribution in [0.1, 0.15) is 43.1 Å². The molecule has 2 aromatic rings. The molecule has 1 heterocycles. The Balaban J connectivity index is 2.04. The number of rotatable bonds is 9. The number of carboxylic acid groups (broad SMARTS) is 1. The Labute approximate surface area is 146 Å². The number of carbonyl (C=O) groups excluding carboxylic acids is 1. The molecule has 0 aliphatic heterocycles. The summed E-state index contributed by atoms with van der Waals surface area (Å²) in [6, 6.07) is 7.98. The Kier molecular flexibility index (Phi) is 6.56. The molecule has 2 rings (SSSR count). The van der Waals surface area contributed by atoms with Crippen molar-refractivity contribution in [2.45, 2.75) is 38.6 Å². The van der Waals surface area contributed by atoms with Crippen LogP contribution >= 0.6 is 0 Å². The zero-order valence-corrected chi connectivity index (χ0v) is 14.4. The summed E-state index contributed by atoms with van der Waals surface area (Å²) in [5, 5.41) is 18.6. The minimum absolute atomic E-state index is 0.229. The lowest BCUT2D eigenvalue weighted by Crippen LogP contribution is -2.40. The van der Waals surface area contributed by atoms with Gasteiger partial charge in [-0.25, -0.2) is 4.79 Å². The van der Waals surface area contributed by atoms with Gasteiger partial charge < -0.3 is 15.2 Å². The van der Waals surface area contributed by atoms with Crippen LogP contribution in [0.5, 0.6) is 5.75 Å². The number of carboxylic acids is 1. The Morgan fingerprint density at radius 3 is 2.60 bits per heavy atom. The molecule has 0 fully saturated rings. The van der Waals surface area contributed by atoms with E-state index >= 15 is 0 Å². The maximum Gasteiger partial charge on any atom is 0.326 e. The molecule has 1 atom stereocenters. The number of hydrogen-bond acceptors (Lipinski definition) is 4. The third-order valence-electron chi connectivity index (χ3n) is 3.91. The smallest absolute Gasteiger partial charge is 0.326 e. The minimum Gasteiger partial charge on any atom is -0.497 e. The summed E-state index contributed by atoms with van der Waals surface area (Å²) in [4.78, 5) is 23.6. The normalized spacial score (nSPS) is 11.8. The van der Waals surface area contributed by atoms with Crippen molar-refractivity contribution in [1.29, 1.82) is 0 Å². The third kappa shape index (κ3) is 5.07. The highest BCUT2D eigenvalue weighted by atomic mass is 16.5. The lowest BCUT2D eigenvalue weighted by atomic mass is 10.1. The van der Waals surface area contributed by atoms with Crippen molar-refractivity contribution in [3.63, 3.8) is 0 Å². The van der Waals surface area contributed by atoms with Crippen LogP contribution in [0.3, 0.4) is 0 Å². The Morgan fingerprint density at radius 2 is 2.00 bits per heavy atom. The van der Waals surface area contributed by atoms with Crippen molar-refractivity contribution >= 4 is 11.9 Å². The maximum absolute atomic E-state index is 12.3. The van der Waals surface area contributed by atoms with Gasteiger partial charge in [0.05, 0.1) is 12.8 Å². The molecule has 1 amide bonds. The molecule has 0 unspecified atom stereocenters. The molecule has 0 saturated carbocycles. The van der Waals surface area contributed by atoms with Gasteiger partial charge in [0, 0.05) is 5.56 Å². The van der Waals surface area contributed by atoms with Crippen molar-refractivity contribution in [1.82, 2.24) is 15.5 Å². The van der Waals surface area contributed by atoms with Crippen LogP contribution in [0.4, 0.5) is 0 Å². The molecule has 1 aromatic carbocycles. The summed E-state index contributed by atoms with van der Waals surface area (Å²) in [5.41, 5.74) is 1.66. The molecule has 0 aliphatic rings. The number of methoxy groups -OCH3 is 1. The number of nitrogens with zero attached hydrogens (tertiary/aromatic N) is 1. The topological polar surface area (TPSA) is 104 Å². The highest BCUT2D eigenvalue weighted by Crippen LogP contribution is 2.21. The Morgan fingerprint density at radius 1 is 1.28 bits per heavy atom. The maximum atomic E-state index is 12.3. The van der Waals surface area contributed by atoms with Crippen LogP contribution in [0.2, 0.25) is 0 Å². The minimum atomic E-state index is -1.03. The van der Waals surface area contributed by atoms with E-state index in [1.54, 1.807) is 25.3 Å². The fourth-order valence-electron chi connectivity index (χ4n) is 2.44. The SMILES string of the molecule is CCCCC[C@@H](NC(=O)c1cc(-c2ccc(OC)cc2)n[nH]1)C(=O)O. The first-order valence-electron chi connectivity index (χ1n) is 8.28. The number of benzene rings is 1. The van der Waals surface area contributed by atoms with E-state index in [4.69, 9.17) is 4.74 Å². The van der Waals surface area contributed by atoms with E-state index in [1.807, 2.05) is 19.1 Å². The summed E-state index contributed by atoms with van der Waals surface area (Å²) >= 11 is 0. The van der Waals surface area contributed by atoms with Crippen LogP contribution in [-0.4, -0.2) is 40.3 Å². The number of ether oxygens (including phenoxy) is 1. The van der Waals surface area contributed by atoms with Crippen molar-refractivity contribution in [3.8, 4) is 17.0 Å². The van der Waals surface area contributed by atoms with Crippen molar-refractivity contribution in [3.05, 3.63) is 36.0 Å². The Hall–Kier alpha value is -2.83. The molecule has 0 aliphatic carbocycles. The quantitative estimate of drug-likeness (QED) is 0.606. The summed E-state index contributed by atoms with van der Waals surface area (Å²) in [6.45, 7) is 2.04. The van der Waals surface area contributed by atoms with Gasteiger partial charge in [0.25, 0.3) is 5.91 Å². The molecular formula is C18H23N3O4. The average Bonchev–Trinajstić information content (AvgIpc) is 3.11. The van der Waals surface area contributed by atoms with Gasteiger partial charge in [-0.2, -0.15) is 5.10 Å². The van der Waals surface area contributed by atoms with E-state index in [2.05, 4.69) is 15.5 Å². The van der Waals surface area contributed by atoms with Gasteiger partial charge in [-0.15, -0.1) is 0 Å². The number of aromatic nitrogens is 2. The number of hydrogen-bond donors (Lipinski definition) is 3. The fourth-order valence-corrected chi connectivity index (χ4v) is 2.44. The molecule has 0 bridgehead atoms. The number of H-pyrrole nitrogens is 1. The highest BCUT2D eigenvalue weighted by molar-refractivity contribution is 5.95. The van der Waals surface area contributed by atoms with Gasteiger partial charge in [0.2, 0.25) is 0 Å². The molecule has 1 aromatic heterocycles. The summed E-state index contributed by atoms with van der Waals surface area (Å²) in [7, 11) is 1.59. The van der Waals surface area contributed by atoms with Crippen molar-refractivity contribution in [2.24, 2.45) is 0 Å². The summed E-state index contributed by atoms with van der Waals surface area (Å²) in [5.74, 6) is -0.774. The number of aromatic amines is 1. The van der Waals surface area contributed by atoms with E-state index in [0.717, 1.165) is 30.6 Å². The van der Waals surface area contributed by atoms with Gasteiger partial charge in [0.15, 0.2) is 0 Å². The summed E-state index contributed by atoms with van der Waals surface area (Å²) in [6.07, 6.45) is 3.10. The molecule has 7 nitrogen and oxygen atoms in total. The molecular weight excluding hydrogens is 322 g/mol. The number of aliphatic carboxylic acids is 1. The van der Waals surface area contributed by atoms with Crippen LogP contribution in [0, 0.1) is 0 Å². The van der Waals surface area contributed by atoms with E-state index in [1.165, 1.54) is 0 Å². The zero-order valence-electron chi connectivity index (χ0n) is 14.4. The summed E-state index contributed by atoms with van der Waals surface area (Å²) < 4.78 is 5.11. The molecule has 25 heavy (non-hydrogen) atoms. The van der Waals surface area contributed by atoms with Gasteiger partial charge in [-0.3, -0.25) is 9.89 Å². The molecule has 0 radical (unpaired) electrons. The lowest BCUT2D eigenvalue weighted by molar-refractivity contribution is -0.139. The predicted molar refractivity (Wildman–Crippen MR) is 93.6 cm³/mol. The largest absolute Gasteiger partial charge is 0.497 e. The Bertz CT molecular complexity index is 709.